The van der Waals surface area contributed by atoms with Crippen LogP contribution in [0.3, 0.4) is 0 Å². The summed E-state index contributed by atoms with van der Waals surface area (Å²) >= 11 is 1.19. The summed E-state index contributed by atoms with van der Waals surface area (Å²) in [7, 11) is 0. The zero-order valence-electron chi connectivity index (χ0n) is 14.8. The zero-order valence-corrected chi connectivity index (χ0v) is 15.7. The van der Waals surface area contributed by atoms with Crippen molar-refractivity contribution >= 4 is 23.2 Å². The van der Waals surface area contributed by atoms with Gasteiger partial charge in [0.1, 0.15) is 6.04 Å². The average molecular weight is 390 g/mol. The molecule has 1 aliphatic carbocycles. The van der Waals surface area contributed by atoms with E-state index < -0.39 is 24.0 Å². The smallest absolute Gasteiger partial charge is 0.351 e. The van der Waals surface area contributed by atoms with Crippen molar-refractivity contribution < 1.29 is 22.8 Å². The fraction of sp³-hybridized carbons (Fsp3) is 0.667. The number of nitrogens with zero attached hydrogens (tertiary/aromatic N) is 1. The second-order valence-electron chi connectivity index (χ2n) is 6.61. The second kappa shape index (κ2) is 9.39. The van der Waals surface area contributed by atoms with E-state index in [9.17, 15) is 22.8 Å². The van der Waals surface area contributed by atoms with E-state index in [1.807, 2.05) is 6.92 Å². The van der Waals surface area contributed by atoms with Crippen LogP contribution in [0.4, 0.5) is 13.2 Å². The Labute approximate surface area is 155 Å². The van der Waals surface area contributed by atoms with E-state index in [0.29, 0.717) is 22.6 Å². The Morgan fingerprint density at radius 3 is 2.54 bits per heavy atom. The van der Waals surface area contributed by atoms with E-state index in [4.69, 9.17) is 0 Å². The normalized spacial score (nSPS) is 16.9. The summed E-state index contributed by atoms with van der Waals surface area (Å²) in [6.45, 7) is 1.73. The molecule has 0 unspecified atom stereocenters. The molecule has 0 aliphatic heterocycles. The van der Waals surface area contributed by atoms with Gasteiger partial charge in [-0.3, -0.25) is 9.59 Å². The first-order valence-corrected chi connectivity index (χ1v) is 9.94. The van der Waals surface area contributed by atoms with Crippen LogP contribution in [-0.2, 0) is 9.59 Å². The van der Waals surface area contributed by atoms with Gasteiger partial charge in [-0.2, -0.15) is 13.2 Å². The van der Waals surface area contributed by atoms with Gasteiger partial charge in [-0.15, -0.1) is 11.3 Å². The van der Waals surface area contributed by atoms with Gasteiger partial charge in [0, 0.05) is 17.5 Å². The summed E-state index contributed by atoms with van der Waals surface area (Å²) in [5.74, 6) is -2.48. The number of hydrogen-bond donors (Lipinski definition) is 1. The molecular weight excluding hydrogens is 365 g/mol. The molecule has 4 nitrogen and oxygen atoms in total. The molecule has 1 saturated carbocycles. The van der Waals surface area contributed by atoms with E-state index in [-0.39, 0.29) is 12.6 Å². The zero-order chi connectivity index (χ0) is 19.2. The molecule has 0 aromatic carbocycles. The van der Waals surface area contributed by atoms with Gasteiger partial charge in [0.2, 0.25) is 5.91 Å². The molecule has 8 heteroatoms. The van der Waals surface area contributed by atoms with Gasteiger partial charge in [0.25, 0.3) is 0 Å². The molecule has 2 amide bonds. The Balaban J connectivity index is 2.27. The number of carbonyl (C=O) groups is 2. The molecule has 0 spiro atoms. The van der Waals surface area contributed by atoms with Gasteiger partial charge in [-0.05, 0) is 30.7 Å². The Hall–Kier alpha value is -1.57. The third kappa shape index (κ3) is 5.46. The molecule has 1 aliphatic rings. The van der Waals surface area contributed by atoms with E-state index in [2.05, 4.69) is 5.32 Å². The van der Waals surface area contributed by atoms with Crippen molar-refractivity contribution in [1.82, 2.24) is 10.2 Å². The third-order valence-corrected chi connectivity index (χ3v) is 5.50. The van der Waals surface area contributed by atoms with E-state index in [0.717, 1.165) is 32.1 Å². The molecule has 146 valence electrons. The van der Waals surface area contributed by atoms with E-state index in [1.165, 1.54) is 11.3 Å². The first-order valence-electron chi connectivity index (χ1n) is 9.06. The topological polar surface area (TPSA) is 49.4 Å². The van der Waals surface area contributed by atoms with E-state index >= 15 is 0 Å². The highest BCUT2D eigenvalue weighted by molar-refractivity contribution is 7.10. The van der Waals surface area contributed by atoms with Crippen LogP contribution in [-0.4, -0.2) is 35.5 Å². The van der Waals surface area contributed by atoms with Crippen molar-refractivity contribution in [3.63, 3.8) is 0 Å². The van der Waals surface area contributed by atoms with Crippen LogP contribution >= 0.6 is 11.3 Å². The standard InChI is InChI=1S/C18H25F3N2O2S/c1-2-3-11-23(17(25)18(19,20)21)15(14-10-7-12-26-14)16(24)22-13-8-5-4-6-9-13/h7,10,12-13,15H,2-6,8-9,11H2,1H3,(H,22,24)/t15-/m1/s1. The van der Waals surface area contributed by atoms with Crippen molar-refractivity contribution in [2.24, 2.45) is 0 Å². The molecule has 1 atom stereocenters. The first kappa shape index (κ1) is 20.7. The van der Waals surface area contributed by atoms with Crippen molar-refractivity contribution in [2.45, 2.75) is 70.1 Å². The lowest BCUT2D eigenvalue weighted by molar-refractivity contribution is -0.188. The summed E-state index contributed by atoms with van der Waals surface area (Å²) in [5.41, 5.74) is 0. The number of carbonyl (C=O) groups excluding carboxylic acids is 2. The van der Waals surface area contributed by atoms with Gasteiger partial charge < -0.3 is 10.2 Å². The summed E-state index contributed by atoms with van der Waals surface area (Å²) in [6.07, 6.45) is 0.773. The predicted octanol–water partition coefficient (Wildman–Crippen LogP) is 4.43. The Morgan fingerprint density at radius 1 is 1.31 bits per heavy atom. The molecular formula is C18H25F3N2O2S. The molecule has 1 N–H and O–H groups in total. The molecule has 1 fully saturated rings. The number of unbranched alkanes of at least 4 members (excludes halogenated alkanes) is 1. The fourth-order valence-corrected chi connectivity index (χ4v) is 4.07. The third-order valence-electron chi connectivity index (χ3n) is 4.58. The summed E-state index contributed by atoms with van der Waals surface area (Å²) in [5, 5.41) is 4.58. The van der Waals surface area contributed by atoms with Crippen molar-refractivity contribution in [1.29, 1.82) is 0 Å². The maximum atomic E-state index is 13.1. The number of thiophene rings is 1. The number of nitrogens with one attached hydrogen (secondary N) is 1. The Morgan fingerprint density at radius 2 is 2.00 bits per heavy atom. The van der Waals surface area contributed by atoms with Crippen molar-refractivity contribution in [3.05, 3.63) is 22.4 Å². The van der Waals surface area contributed by atoms with Gasteiger partial charge in [-0.25, -0.2) is 0 Å². The molecule has 0 radical (unpaired) electrons. The first-order chi connectivity index (χ1) is 12.3. The Bertz CT molecular complexity index is 584. The van der Waals surface area contributed by atoms with Crippen LogP contribution in [0.15, 0.2) is 17.5 Å². The summed E-state index contributed by atoms with van der Waals surface area (Å²) < 4.78 is 39.4. The highest BCUT2D eigenvalue weighted by Crippen LogP contribution is 2.31. The lowest BCUT2D eigenvalue weighted by atomic mass is 9.95. The molecule has 0 saturated heterocycles. The van der Waals surface area contributed by atoms with Crippen LogP contribution in [0.5, 0.6) is 0 Å². The molecule has 2 rings (SSSR count). The maximum Gasteiger partial charge on any atom is 0.471 e. The lowest BCUT2D eigenvalue weighted by Crippen LogP contribution is -2.50. The number of alkyl halides is 3. The molecule has 0 bridgehead atoms. The second-order valence-corrected chi connectivity index (χ2v) is 7.59. The molecule has 26 heavy (non-hydrogen) atoms. The molecule has 1 aromatic rings. The van der Waals surface area contributed by atoms with E-state index in [1.54, 1.807) is 17.5 Å². The summed E-state index contributed by atoms with van der Waals surface area (Å²) in [6, 6.07) is 2.01. The lowest BCUT2D eigenvalue weighted by Gasteiger charge is -2.33. The predicted molar refractivity (Wildman–Crippen MR) is 94.8 cm³/mol. The maximum absolute atomic E-state index is 13.1. The molecule has 1 heterocycles. The van der Waals surface area contributed by atoms with Crippen molar-refractivity contribution in [2.75, 3.05) is 6.54 Å². The quantitative estimate of drug-likeness (QED) is 0.749. The molecule has 1 aromatic heterocycles. The fourth-order valence-electron chi connectivity index (χ4n) is 3.24. The monoisotopic (exact) mass is 390 g/mol. The minimum atomic E-state index is -5.01. The SMILES string of the molecule is CCCCN(C(=O)C(F)(F)F)[C@@H](C(=O)NC1CCCCC1)c1cccs1. The van der Waals surface area contributed by atoms with Crippen LogP contribution in [0, 0.1) is 0 Å². The van der Waals surface area contributed by atoms with Gasteiger partial charge in [0.15, 0.2) is 0 Å². The largest absolute Gasteiger partial charge is 0.471 e. The minimum Gasteiger partial charge on any atom is -0.351 e. The average Bonchev–Trinajstić information content (AvgIpc) is 3.11. The number of amides is 2. The van der Waals surface area contributed by atoms with Crippen LogP contribution in [0.2, 0.25) is 0 Å². The highest BCUT2D eigenvalue weighted by Gasteiger charge is 2.46. The van der Waals surface area contributed by atoms with Crippen LogP contribution in [0.25, 0.3) is 0 Å². The Kier molecular flexibility index (Phi) is 7.49. The number of rotatable bonds is 7. The highest BCUT2D eigenvalue weighted by atomic mass is 32.1. The van der Waals surface area contributed by atoms with Crippen LogP contribution < -0.4 is 5.32 Å². The van der Waals surface area contributed by atoms with Crippen LogP contribution in [0.1, 0.15) is 62.8 Å². The van der Waals surface area contributed by atoms with Gasteiger partial charge in [-0.1, -0.05) is 38.7 Å². The number of halogens is 3. The van der Waals surface area contributed by atoms with Gasteiger partial charge >= 0.3 is 12.1 Å². The van der Waals surface area contributed by atoms with Crippen molar-refractivity contribution in [3.8, 4) is 0 Å². The van der Waals surface area contributed by atoms with Gasteiger partial charge in [0.05, 0.1) is 0 Å². The minimum absolute atomic E-state index is 0.0345. The number of hydrogen-bond acceptors (Lipinski definition) is 3. The summed E-state index contributed by atoms with van der Waals surface area (Å²) in [4.78, 5) is 26.0.